The third kappa shape index (κ3) is 4.88. The summed E-state index contributed by atoms with van der Waals surface area (Å²) in [7, 11) is 0. The fourth-order valence-electron chi connectivity index (χ4n) is 2.65. The predicted octanol–water partition coefficient (Wildman–Crippen LogP) is 2.44. The first-order chi connectivity index (χ1) is 10.8. The van der Waals surface area contributed by atoms with E-state index < -0.39 is 35.5 Å². The number of cyclic esters (lactones) is 1. The van der Waals surface area contributed by atoms with E-state index in [9.17, 15) is 14.4 Å². The summed E-state index contributed by atoms with van der Waals surface area (Å²) in [5.74, 6) is -1.56. The van der Waals surface area contributed by atoms with Crippen LogP contribution in [-0.4, -0.2) is 36.3 Å². The Morgan fingerprint density at radius 1 is 1.22 bits per heavy atom. The van der Waals surface area contributed by atoms with E-state index in [-0.39, 0.29) is 6.42 Å². The molecule has 2 aliphatic rings. The maximum absolute atomic E-state index is 11.9. The third-order valence-corrected chi connectivity index (χ3v) is 4.16. The van der Waals surface area contributed by atoms with Gasteiger partial charge in [0.25, 0.3) is 0 Å². The van der Waals surface area contributed by atoms with E-state index in [2.05, 4.69) is 4.99 Å². The molecule has 1 saturated heterocycles. The second-order valence-electron chi connectivity index (χ2n) is 7.33. The van der Waals surface area contributed by atoms with E-state index in [4.69, 9.17) is 9.47 Å². The molecule has 0 radical (unpaired) electrons. The van der Waals surface area contributed by atoms with Crippen LogP contribution in [0.5, 0.6) is 0 Å². The Morgan fingerprint density at radius 2 is 1.87 bits per heavy atom. The maximum atomic E-state index is 11.9. The Kier molecular flexibility index (Phi) is 5.55. The highest BCUT2D eigenvalue weighted by atomic mass is 16.6. The molecule has 0 aromatic rings. The molecule has 1 heterocycles. The van der Waals surface area contributed by atoms with Crippen molar-refractivity contribution in [2.24, 2.45) is 16.3 Å². The number of rotatable bonds is 3. The molecular weight excluding hydrogens is 298 g/mol. The molecule has 0 bridgehead atoms. The van der Waals surface area contributed by atoms with Crippen molar-refractivity contribution in [3.63, 3.8) is 0 Å². The van der Waals surface area contributed by atoms with Gasteiger partial charge in [0, 0.05) is 12.6 Å². The first-order valence-corrected chi connectivity index (χ1v) is 8.27. The highest BCUT2D eigenvalue weighted by molar-refractivity contribution is 5.93. The van der Waals surface area contributed by atoms with E-state index >= 15 is 0 Å². The largest absolute Gasteiger partial charge is 0.449 e. The van der Waals surface area contributed by atoms with Gasteiger partial charge in [0.05, 0.1) is 5.41 Å². The van der Waals surface area contributed by atoms with Crippen molar-refractivity contribution in [1.82, 2.24) is 0 Å². The van der Waals surface area contributed by atoms with Gasteiger partial charge in [-0.05, 0) is 39.5 Å². The van der Waals surface area contributed by atoms with Gasteiger partial charge in [-0.15, -0.1) is 0 Å². The van der Waals surface area contributed by atoms with Crippen LogP contribution in [0.3, 0.4) is 0 Å². The molecule has 0 amide bonds. The summed E-state index contributed by atoms with van der Waals surface area (Å²) in [6, 6.07) is -0.667. The van der Waals surface area contributed by atoms with Crippen LogP contribution < -0.4 is 0 Å². The summed E-state index contributed by atoms with van der Waals surface area (Å²) in [5, 5.41) is 0. The lowest BCUT2D eigenvalue weighted by Gasteiger charge is -2.17. The molecule has 2 unspecified atom stereocenters. The number of carbonyl (C=O) groups excluding carboxylic acids is 3. The van der Waals surface area contributed by atoms with Crippen LogP contribution in [0.2, 0.25) is 0 Å². The summed E-state index contributed by atoms with van der Waals surface area (Å²) >= 11 is 0. The SMILES string of the molecule is CC(C)(C)C(=O)OC(=O)C1CC(N=CC2CCCCC2)C(=O)O1. The number of aliphatic imine (C=N–C) groups is 1. The number of hydrogen-bond donors (Lipinski definition) is 0. The van der Waals surface area contributed by atoms with Gasteiger partial charge < -0.3 is 9.47 Å². The molecule has 23 heavy (non-hydrogen) atoms. The van der Waals surface area contributed by atoms with Gasteiger partial charge in [-0.25, -0.2) is 9.59 Å². The molecule has 128 valence electrons. The van der Waals surface area contributed by atoms with E-state index in [1.807, 2.05) is 6.21 Å². The molecule has 0 N–H and O–H groups in total. The van der Waals surface area contributed by atoms with Gasteiger partial charge in [0.15, 0.2) is 6.04 Å². The number of ether oxygens (including phenoxy) is 2. The van der Waals surface area contributed by atoms with Gasteiger partial charge in [0.2, 0.25) is 6.10 Å². The zero-order valence-electron chi connectivity index (χ0n) is 14.0. The number of carbonyl (C=O) groups is 3. The van der Waals surface area contributed by atoms with Crippen LogP contribution >= 0.6 is 0 Å². The Hall–Kier alpha value is -1.72. The Labute approximate surface area is 136 Å². The minimum absolute atomic E-state index is 0.137. The second kappa shape index (κ2) is 7.23. The molecular formula is C17H25NO5. The molecule has 1 aliphatic heterocycles. The van der Waals surface area contributed by atoms with Gasteiger partial charge in [-0.2, -0.15) is 0 Å². The molecule has 2 rings (SSSR count). The fourth-order valence-corrected chi connectivity index (χ4v) is 2.65. The topological polar surface area (TPSA) is 82.0 Å². The molecule has 0 spiro atoms. The van der Waals surface area contributed by atoms with E-state index in [1.54, 1.807) is 20.8 Å². The molecule has 1 aliphatic carbocycles. The Morgan fingerprint density at radius 3 is 2.48 bits per heavy atom. The summed E-state index contributed by atoms with van der Waals surface area (Å²) in [6.45, 7) is 4.96. The number of esters is 3. The number of hydrogen-bond acceptors (Lipinski definition) is 6. The molecule has 0 aromatic heterocycles. The smallest absolute Gasteiger partial charge is 0.355 e. The highest BCUT2D eigenvalue weighted by Crippen LogP contribution is 2.24. The van der Waals surface area contributed by atoms with Crippen molar-refractivity contribution < 1.29 is 23.9 Å². The quantitative estimate of drug-likeness (QED) is 0.452. The fraction of sp³-hybridized carbons (Fsp3) is 0.765. The van der Waals surface area contributed by atoms with E-state index in [0.29, 0.717) is 5.92 Å². The normalized spacial score (nSPS) is 26.3. The molecule has 6 nitrogen and oxygen atoms in total. The average Bonchev–Trinajstić information content (AvgIpc) is 2.86. The molecule has 1 saturated carbocycles. The standard InChI is InChI=1S/C17H25NO5/c1-17(2,3)16(21)23-15(20)13-9-12(14(19)22-13)18-10-11-7-5-4-6-8-11/h10-13H,4-9H2,1-3H3. The van der Waals surface area contributed by atoms with Crippen molar-refractivity contribution in [3.8, 4) is 0 Å². The van der Waals surface area contributed by atoms with Crippen LogP contribution in [0.15, 0.2) is 4.99 Å². The second-order valence-corrected chi connectivity index (χ2v) is 7.33. The van der Waals surface area contributed by atoms with Crippen molar-refractivity contribution in [2.45, 2.75) is 71.4 Å². The van der Waals surface area contributed by atoms with Crippen LogP contribution in [0.1, 0.15) is 59.3 Å². The summed E-state index contributed by atoms with van der Waals surface area (Å²) in [5.41, 5.74) is -0.781. The van der Waals surface area contributed by atoms with Gasteiger partial charge in [-0.1, -0.05) is 19.3 Å². The summed E-state index contributed by atoms with van der Waals surface area (Å²) in [6.07, 6.45) is 6.75. The van der Waals surface area contributed by atoms with Crippen molar-refractivity contribution in [1.29, 1.82) is 0 Å². The number of nitrogens with zero attached hydrogens (tertiary/aromatic N) is 1. The van der Waals surface area contributed by atoms with Crippen LogP contribution in [-0.2, 0) is 23.9 Å². The monoisotopic (exact) mass is 323 g/mol. The van der Waals surface area contributed by atoms with Crippen molar-refractivity contribution in [3.05, 3.63) is 0 Å². The van der Waals surface area contributed by atoms with E-state index in [0.717, 1.165) is 12.8 Å². The molecule has 6 heteroatoms. The van der Waals surface area contributed by atoms with Crippen LogP contribution in [0.25, 0.3) is 0 Å². The van der Waals surface area contributed by atoms with Gasteiger partial charge in [0.1, 0.15) is 0 Å². The van der Waals surface area contributed by atoms with Gasteiger partial charge >= 0.3 is 17.9 Å². The highest BCUT2D eigenvalue weighted by Gasteiger charge is 2.41. The van der Waals surface area contributed by atoms with Crippen molar-refractivity contribution >= 4 is 24.1 Å². The van der Waals surface area contributed by atoms with Gasteiger partial charge in [-0.3, -0.25) is 9.79 Å². The lowest BCUT2D eigenvalue weighted by molar-refractivity contribution is -0.174. The zero-order chi connectivity index (χ0) is 17.0. The maximum Gasteiger partial charge on any atom is 0.355 e. The van der Waals surface area contributed by atoms with Crippen LogP contribution in [0, 0.1) is 11.3 Å². The minimum Gasteiger partial charge on any atom is -0.449 e. The minimum atomic E-state index is -1.04. The lowest BCUT2D eigenvalue weighted by Crippen LogP contribution is -2.31. The zero-order valence-corrected chi connectivity index (χ0v) is 14.0. The van der Waals surface area contributed by atoms with Crippen molar-refractivity contribution in [2.75, 3.05) is 0 Å². The molecule has 2 atom stereocenters. The average molecular weight is 323 g/mol. The van der Waals surface area contributed by atoms with E-state index in [1.165, 1.54) is 19.3 Å². The lowest BCUT2D eigenvalue weighted by atomic mass is 9.90. The first kappa shape index (κ1) is 17.6. The van der Waals surface area contributed by atoms with Crippen LogP contribution in [0.4, 0.5) is 0 Å². The molecule has 2 fully saturated rings. The summed E-state index contributed by atoms with van der Waals surface area (Å²) in [4.78, 5) is 39.8. The Bertz CT molecular complexity index is 500. The predicted molar refractivity (Wildman–Crippen MR) is 83.9 cm³/mol. The third-order valence-electron chi connectivity index (χ3n) is 4.16. The molecule has 0 aromatic carbocycles. The summed E-state index contributed by atoms with van der Waals surface area (Å²) < 4.78 is 9.79. The first-order valence-electron chi connectivity index (χ1n) is 8.27. The Balaban J connectivity index is 1.87.